The molecule has 2 aromatic carbocycles. The predicted molar refractivity (Wildman–Crippen MR) is 119 cm³/mol. The highest BCUT2D eigenvalue weighted by molar-refractivity contribution is 7.07. The fourth-order valence-electron chi connectivity index (χ4n) is 2.82. The zero-order chi connectivity index (χ0) is 21.9. The number of carbonyl (C=O) groups excluding carboxylic acids is 1. The van der Waals surface area contributed by atoms with Gasteiger partial charge in [0, 0.05) is 11.5 Å². The average molecular weight is 426 g/mol. The van der Waals surface area contributed by atoms with Crippen molar-refractivity contribution in [1.82, 2.24) is 4.57 Å². The lowest BCUT2D eigenvalue weighted by molar-refractivity contribution is -0.120. The van der Waals surface area contributed by atoms with Crippen molar-refractivity contribution < 1.29 is 13.9 Å². The molecule has 0 radical (unpaired) electrons. The zero-order valence-electron chi connectivity index (χ0n) is 17.4. The molecule has 0 aliphatic carbocycles. The molecule has 0 unspecified atom stereocenters. The molecular weight excluding hydrogens is 401 g/mol. The Morgan fingerprint density at radius 3 is 2.57 bits per heavy atom. The van der Waals surface area contributed by atoms with E-state index in [9.17, 15) is 14.0 Å². The van der Waals surface area contributed by atoms with Crippen LogP contribution in [0.15, 0.2) is 53.3 Å². The normalized spacial score (nSPS) is 13.0. The van der Waals surface area contributed by atoms with Gasteiger partial charge in [0.25, 0.3) is 5.56 Å². The van der Waals surface area contributed by atoms with Crippen LogP contribution in [0.25, 0.3) is 12.2 Å². The Morgan fingerprint density at radius 1 is 1.17 bits per heavy atom. The van der Waals surface area contributed by atoms with E-state index in [0.29, 0.717) is 20.5 Å². The number of ketones is 1. The van der Waals surface area contributed by atoms with Gasteiger partial charge in [-0.05, 0) is 41.5 Å². The fourth-order valence-corrected chi connectivity index (χ4v) is 3.86. The standard InChI is InChI=1S/C24H24FNO3S/c1-24(2,3)21(27)14-22-26(15-17-8-5-9-18(25)11-17)23(28)20(30-22)13-16-7-6-10-19(12-16)29-4/h5-14H,15H2,1-4H3. The largest absolute Gasteiger partial charge is 0.497 e. The van der Waals surface area contributed by atoms with Gasteiger partial charge in [-0.3, -0.25) is 14.2 Å². The summed E-state index contributed by atoms with van der Waals surface area (Å²) >= 11 is 1.25. The topological polar surface area (TPSA) is 48.3 Å². The van der Waals surface area contributed by atoms with Crippen molar-refractivity contribution in [3.63, 3.8) is 0 Å². The van der Waals surface area contributed by atoms with Crippen LogP contribution in [0.3, 0.4) is 0 Å². The third kappa shape index (κ3) is 5.13. The van der Waals surface area contributed by atoms with Crippen molar-refractivity contribution in [2.75, 3.05) is 7.11 Å². The van der Waals surface area contributed by atoms with Crippen LogP contribution in [0.2, 0.25) is 0 Å². The van der Waals surface area contributed by atoms with Gasteiger partial charge in [-0.15, -0.1) is 11.3 Å². The van der Waals surface area contributed by atoms with E-state index in [1.807, 2.05) is 45.0 Å². The van der Waals surface area contributed by atoms with Crippen LogP contribution in [-0.4, -0.2) is 17.5 Å². The first-order valence-electron chi connectivity index (χ1n) is 9.53. The lowest BCUT2D eigenvalue weighted by Gasteiger charge is -2.13. The maximum atomic E-state index is 13.6. The lowest BCUT2D eigenvalue weighted by Crippen LogP contribution is -2.32. The number of thiazole rings is 1. The summed E-state index contributed by atoms with van der Waals surface area (Å²) in [7, 11) is 1.58. The third-order valence-electron chi connectivity index (χ3n) is 4.55. The molecule has 3 rings (SSSR count). The van der Waals surface area contributed by atoms with Crippen LogP contribution >= 0.6 is 11.3 Å². The van der Waals surface area contributed by atoms with E-state index in [1.54, 1.807) is 25.3 Å². The molecule has 1 aromatic heterocycles. The van der Waals surface area contributed by atoms with Crippen molar-refractivity contribution >= 4 is 29.3 Å². The molecule has 0 atom stereocenters. The smallest absolute Gasteiger partial charge is 0.269 e. The SMILES string of the molecule is COc1cccc(C=c2sc(=CC(=O)C(C)(C)C)n(Cc3cccc(F)c3)c2=O)c1. The summed E-state index contributed by atoms with van der Waals surface area (Å²) in [6, 6.07) is 13.5. The van der Waals surface area contributed by atoms with Gasteiger partial charge in [0.2, 0.25) is 0 Å². The molecule has 0 amide bonds. The number of carbonyl (C=O) groups is 1. The van der Waals surface area contributed by atoms with Crippen LogP contribution in [0, 0.1) is 11.2 Å². The van der Waals surface area contributed by atoms with E-state index in [4.69, 9.17) is 4.74 Å². The van der Waals surface area contributed by atoms with Gasteiger partial charge in [0.1, 0.15) is 16.2 Å². The van der Waals surface area contributed by atoms with Crippen LogP contribution in [0.4, 0.5) is 4.39 Å². The highest BCUT2D eigenvalue weighted by Gasteiger charge is 2.19. The van der Waals surface area contributed by atoms with Crippen molar-refractivity contribution in [3.8, 4) is 5.75 Å². The molecule has 30 heavy (non-hydrogen) atoms. The number of hydrogen-bond acceptors (Lipinski definition) is 4. The lowest BCUT2D eigenvalue weighted by atomic mass is 9.91. The quantitative estimate of drug-likeness (QED) is 0.630. The van der Waals surface area contributed by atoms with E-state index < -0.39 is 5.41 Å². The Hall–Kier alpha value is -2.99. The Kier molecular flexibility index (Phi) is 6.37. The first-order valence-corrected chi connectivity index (χ1v) is 10.3. The number of methoxy groups -OCH3 is 1. The maximum absolute atomic E-state index is 13.6. The Bertz CT molecular complexity index is 1250. The third-order valence-corrected chi connectivity index (χ3v) is 5.61. The van der Waals surface area contributed by atoms with Gasteiger partial charge >= 0.3 is 0 Å². The molecule has 4 nitrogen and oxygen atoms in total. The second-order valence-electron chi connectivity index (χ2n) is 8.01. The number of aromatic nitrogens is 1. The van der Waals surface area contributed by atoms with Crippen LogP contribution in [0.5, 0.6) is 5.75 Å². The molecule has 0 bridgehead atoms. The molecule has 0 fully saturated rings. The zero-order valence-corrected chi connectivity index (χ0v) is 18.3. The summed E-state index contributed by atoms with van der Waals surface area (Å²) in [5.74, 6) is 0.245. The molecule has 156 valence electrons. The van der Waals surface area contributed by atoms with Crippen molar-refractivity contribution in [2.24, 2.45) is 5.41 Å². The first-order chi connectivity index (χ1) is 14.2. The highest BCUT2D eigenvalue weighted by Crippen LogP contribution is 2.15. The van der Waals surface area contributed by atoms with Gasteiger partial charge in [0.05, 0.1) is 18.2 Å². The number of halogens is 1. The van der Waals surface area contributed by atoms with E-state index in [1.165, 1.54) is 34.1 Å². The molecule has 1 heterocycles. The van der Waals surface area contributed by atoms with Crippen LogP contribution in [-0.2, 0) is 11.3 Å². The summed E-state index contributed by atoms with van der Waals surface area (Å²) < 4.78 is 21.4. The minimum absolute atomic E-state index is 0.0790. The van der Waals surface area contributed by atoms with Gasteiger partial charge in [-0.2, -0.15) is 0 Å². The van der Waals surface area contributed by atoms with E-state index >= 15 is 0 Å². The molecule has 0 aliphatic heterocycles. The van der Waals surface area contributed by atoms with Crippen molar-refractivity contribution in [3.05, 3.63) is 85.0 Å². The Morgan fingerprint density at radius 2 is 1.90 bits per heavy atom. The molecule has 0 aliphatic rings. The monoisotopic (exact) mass is 425 g/mol. The van der Waals surface area contributed by atoms with Crippen molar-refractivity contribution in [1.29, 1.82) is 0 Å². The summed E-state index contributed by atoms with van der Waals surface area (Å²) in [6.45, 7) is 5.68. The maximum Gasteiger partial charge on any atom is 0.269 e. The molecular formula is C24H24FNO3S. The fraction of sp³-hybridized carbons (Fsp3) is 0.250. The van der Waals surface area contributed by atoms with E-state index in [0.717, 1.165) is 5.56 Å². The molecule has 3 aromatic rings. The number of nitrogens with zero attached hydrogens (tertiary/aromatic N) is 1. The van der Waals surface area contributed by atoms with E-state index in [-0.39, 0.29) is 23.7 Å². The minimum Gasteiger partial charge on any atom is -0.497 e. The number of hydrogen-bond donors (Lipinski definition) is 0. The molecule has 0 saturated heterocycles. The summed E-state index contributed by atoms with van der Waals surface area (Å²) in [6.07, 6.45) is 3.28. The van der Waals surface area contributed by atoms with Gasteiger partial charge < -0.3 is 4.74 Å². The molecule has 0 spiro atoms. The first kappa shape index (κ1) is 21.7. The number of rotatable bonds is 5. The Balaban J connectivity index is 2.18. The average Bonchev–Trinajstić information content (AvgIpc) is 2.96. The number of ether oxygens (including phenoxy) is 1. The Labute approximate surface area is 178 Å². The highest BCUT2D eigenvalue weighted by atomic mass is 32.1. The van der Waals surface area contributed by atoms with Gasteiger partial charge in [-0.25, -0.2) is 4.39 Å². The molecule has 6 heteroatoms. The summed E-state index contributed by atoms with van der Waals surface area (Å²) in [5.41, 5.74) is 0.681. The number of benzene rings is 2. The second-order valence-corrected chi connectivity index (χ2v) is 9.07. The predicted octanol–water partition coefficient (Wildman–Crippen LogP) is 3.33. The van der Waals surface area contributed by atoms with Gasteiger partial charge in [-0.1, -0.05) is 45.0 Å². The summed E-state index contributed by atoms with van der Waals surface area (Å²) in [5, 5.41) is 0. The molecule has 0 saturated carbocycles. The summed E-state index contributed by atoms with van der Waals surface area (Å²) in [4.78, 5) is 25.8. The van der Waals surface area contributed by atoms with Gasteiger partial charge in [0.15, 0.2) is 5.78 Å². The molecule has 0 N–H and O–H groups in total. The number of Topliss-reactive ketones (excluding diaryl/α,β-unsaturated/α-hetero) is 1. The van der Waals surface area contributed by atoms with Crippen molar-refractivity contribution in [2.45, 2.75) is 27.3 Å². The second kappa shape index (κ2) is 8.79. The van der Waals surface area contributed by atoms with Crippen LogP contribution < -0.4 is 19.5 Å². The minimum atomic E-state index is -0.569. The van der Waals surface area contributed by atoms with E-state index in [2.05, 4.69) is 0 Å². The van der Waals surface area contributed by atoms with Crippen LogP contribution in [0.1, 0.15) is 31.9 Å².